The molecule has 1 aliphatic heterocycles. The van der Waals surface area contributed by atoms with Gasteiger partial charge in [-0.15, -0.1) is 0 Å². The molecule has 2 unspecified atom stereocenters. The first-order chi connectivity index (χ1) is 8.36. The number of thioether (sulfide) groups is 1. The standard InChI is InChI=1S/C14H15NOS/c16-14(13-7-3-9-17-13)11-4-1-6-12-10(11)5-2-8-15-12/h1-2,4-6,8,13-14,16H,3,7,9H2. The zero-order valence-corrected chi connectivity index (χ0v) is 10.4. The second-order valence-electron chi connectivity index (χ2n) is 4.41. The third-order valence-corrected chi connectivity index (χ3v) is 4.76. The van der Waals surface area contributed by atoms with Crippen LogP contribution in [0, 0.1) is 0 Å². The number of benzene rings is 1. The summed E-state index contributed by atoms with van der Waals surface area (Å²) in [6, 6.07) is 9.97. The summed E-state index contributed by atoms with van der Waals surface area (Å²) >= 11 is 1.88. The highest BCUT2D eigenvalue weighted by atomic mass is 32.2. The molecule has 3 heteroatoms. The van der Waals surface area contributed by atoms with Crippen LogP contribution in [-0.4, -0.2) is 21.1 Å². The van der Waals surface area contributed by atoms with Gasteiger partial charge in [-0.05, 0) is 36.3 Å². The van der Waals surface area contributed by atoms with E-state index < -0.39 is 0 Å². The van der Waals surface area contributed by atoms with Crippen LogP contribution in [0.4, 0.5) is 0 Å². The normalized spacial score (nSPS) is 21.8. The van der Waals surface area contributed by atoms with Crippen molar-refractivity contribution in [2.24, 2.45) is 0 Å². The summed E-state index contributed by atoms with van der Waals surface area (Å²) in [5, 5.41) is 11.9. The molecular weight excluding hydrogens is 230 g/mol. The second-order valence-corrected chi connectivity index (χ2v) is 5.76. The summed E-state index contributed by atoms with van der Waals surface area (Å²) in [6.45, 7) is 0. The van der Waals surface area contributed by atoms with Crippen molar-refractivity contribution < 1.29 is 5.11 Å². The average Bonchev–Trinajstić information content (AvgIpc) is 2.91. The minimum absolute atomic E-state index is 0.348. The van der Waals surface area contributed by atoms with E-state index in [0.717, 1.165) is 22.9 Å². The molecule has 1 aromatic heterocycles. The highest BCUT2D eigenvalue weighted by Crippen LogP contribution is 2.37. The van der Waals surface area contributed by atoms with Crippen LogP contribution in [0.15, 0.2) is 36.5 Å². The lowest BCUT2D eigenvalue weighted by Gasteiger charge is -2.18. The Morgan fingerprint density at radius 2 is 2.24 bits per heavy atom. The third-order valence-electron chi connectivity index (χ3n) is 3.32. The van der Waals surface area contributed by atoms with E-state index in [4.69, 9.17) is 0 Å². The highest BCUT2D eigenvalue weighted by Gasteiger charge is 2.26. The Labute approximate surface area is 105 Å². The molecule has 1 N–H and O–H groups in total. The minimum Gasteiger partial charge on any atom is -0.387 e. The van der Waals surface area contributed by atoms with E-state index in [0.29, 0.717) is 5.25 Å². The van der Waals surface area contributed by atoms with Crippen molar-refractivity contribution in [2.75, 3.05) is 5.75 Å². The molecule has 1 aliphatic rings. The first kappa shape index (κ1) is 11.1. The third kappa shape index (κ3) is 2.05. The van der Waals surface area contributed by atoms with Gasteiger partial charge < -0.3 is 5.11 Å². The van der Waals surface area contributed by atoms with Crippen LogP contribution in [0.3, 0.4) is 0 Å². The van der Waals surface area contributed by atoms with Crippen molar-refractivity contribution in [3.63, 3.8) is 0 Å². The summed E-state index contributed by atoms with van der Waals surface area (Å²) in [5.41, 5.74) is 1.99. The molecule has 17 heavy (non-hydrogen) atoms. The number of aliphatic hydroxyl groups is 1. The first-order valence-corrected chi connectivity index (χ1v) is 7.04. The van der Waals surface area contributed by atoms with E-state index in [-0.39, 0.29) is 6.10 Å². The summed E-state index contributed by atoms with van der Waals surface area (Å²) in [5.74, 6) is 1.17. The van der Waals surface area contributed by atoms with Gasteiger partial charge in [0.1, 0.15) is 0 Å². The molecule has 88 valence electrons. The van der Waals surface area contributed by atoms with Crippen molar-refractivity contribution in [1.82, 2.24) is 4.98 Å². The van der Waals surface area contributed by atoms with Gasteiger partial charge in [0.25, 0.3) is 0 Å². The molecule has 0 spiro atoms. The van der Waals surface area contributed by atoms with Crippen molar-refractivity contribution in [3.05, 3.63) is 42.1 Å². The molecule has 1 aromatic carbocycles. The van der Waals surface area contributed by atoms with Crippen molar-refractivity contribution in [2.45, 2.75) is 24.2 Å². The molecule has 2 atom stereocenters. The molecule has 2 nitrogen and oxygen atoms in total. The number of aliphatic hydroxyl groups excluding tert-OH is 1. The van der Waals surface area contributed by atoms with Gasteiger partial charge in [-0.3, -0.25) is 4.98 Å². The van der Waals surface area contributed by atoms with E-state index >= 15 is 0 Å². The number of fused-ring (bicyclic) bond motifs is 1. The van der Waals surface area contributed by atoms with Crippen LogP contribution in [0.2, 0.25) is 0 Å². The molecule has 0 amide bonds. The Morgan fingerprint density at radius 3 is 3.06 bits per heavy atom. The van der Waals surface area contributed by atoms with Crippen LogP contribution in [0.5, 0.6) is 0 Å². The number of hydrogen-bond acceptors (Lipinski definition) is 3. The molecule has 1 fully saturated rings. The van der Waals surface area contributed by atoms with Gasteiger partial charge in [-0.2, -0.15) is 11.8 Å². The molecule has 0 aliphatic carbocycles. The fraction of sp³-hybridized carbons (Fsp3) is 0.357. The average molecular weight is 245 g/mol. The van der Waals surface area contributed by atoms with Crippen LogP contribution < -0.4 is 0 Å². The molecule has 2 aromatic rings. The van der Waals surface area contributed by atoms with Gasteiger partial charge in [-0.25, -0.2) is 0 Å². The van der Waals surface area contributed by atoms with E-state index in [9.17, 15) is 5.11 Å². The lowest BCUT2D eigenvalue weighted by atomic mass is 9.99. The number of hydrogen-bond donors (Lipinski definition) is 1. The summed E-state index contributed by atoms with van der Waals surface area (Å²) in [6.07, 6.45) is 3.76. The van der Waals surface area contributed by atoms with E-state index in [1.54, 1.807) is 6.20 Å². The predicted molar refractivity (Wildman–Crippen MR) is 72.2 cm³/mol. The van der Waals surface area contributed by atoms with Gasteiger partial charge in [0, 0.05) is 16.8 Å². The fourth-order valence-corrected chi connectivity index (χ4v) is 3.74. The zero-order valence-electron chi connectivity index (χ0n) is 9.54. The first-order valence-electron chi connectivity index (χ1n) is 5.99. The number of rotatable bonds is 2. The molecular formula is C14H15NOS. The Balaban J connectivity index is 2.04. The van der Waals surface area contributed by atoms with Crippen molar-refractivity contribution >= 4 is 22.7 Å². The van der Waals surface area contributed by atoms with Gasteiger partial charge in [0.15, 0.2) is 0 Å². The van der Waals surface area contributed by atoms with Crippen LogP contribution in [-0.2, 0) is 0 Å². The molecule has 0 radical (unpaired) electrons. The van der Waals surface area contributed by atoms with Gasteiger partial charge in [-0.1, -0.05) is 18.2 Å². The largest absolute Gasteiger partial charge is 0.387 e. The van der Waals surface area contributed by atoms with E-state index in [1.165, 1.54) is 12.2 Å². The smallest absolute Gasteiger partial charge is 0.0915 e. The lowest BCUT2D eigenvalue weighted by Crippen LogP contribution is -2.12. The Kier molecular flexibility index (Phi) is 3.04. The predicted octanol–water partition coefficient (Wildman–Crippen LogP) is 3.16. The molecule has 0 saturated carbocycles. The second kappa shape index (κ2) is 4.67. The maximum absolute atomic E-state index is 10.5. The Bertz CT molecular complexity index is 517. The molecule has 3 rings (SSSR count). The molecule has 2 heterocycles. The monoisotopic (exact) mass is 245 g/mol. The summed E-state index contributed by atoms with van der Waals surface area (Å²) < 4.78 is 0. The van der Waals surface area contributed by atoms with Gasteiger partial charge in [0.05, 0.1) is 11.6 Å². The molecule has 1 saturated heterocycles. The lowest BCUT2D eigenvalue weighted by molar-refractivity contribution is 0.174. The van der Waals surface area contributed by atoms with Crippen molar-refractivity contribution in [3.8, 4) is 0 Å². The van der Waals surface area contributed by atoms with Gasteiger partial charge in [0.2, 0.25) is 0 Å². The SMILES string of the molecule is OC(c1cccc2ncccc12)C1CCCS1. The van der Waals surface area contributed by atoms with E-state index in [2.05, 4.69) is 4.98 Å². The quantitative estimate of drug-likeness (QED) is 0.882. The van der Waals surface area contributed by atoms with Crippen LogP contribution >= 0.6 is 11.8 Å². The zero-order chi connectivity index (χ0) is 11.7. The van der Waals surface area contributed by atoms with Crippen molar-refractivity contribution in [1.29, 1.82) is 0 Å². The molecule has 0 bridgehead atoms. The Morgan fingerprint density at radius 1 is 1.29 bits per heavy atom. The number of aromatic nitrogens is 1. The fourth-order valence-electron chi connectivity index (χ4n) is 2.44. The van der Waals surface area contributed by atoms with Gasteiger partial charge >= 0.3 is 0 Å². The van der Waals surface area contributed by atoms with E-state index in [1.807, 2.05) is 42.1 Å². The van der Waals surface area contributed by atoms with Crippen LogP contribution in [0.1, 0.15) is 24.5 Å². The number of nitrogens with zero attached hydrogens (tertiary/aromatic N) is 1. The highest BCUT2D eigenvalue weighted by molar-refractivity contribution is 8.00. The topological polar surface area (TPSA) is 33.1 Å². The van der Waals surface area contributed by atoms with Crippen LogP contribution in [0.25, 0.3) is 10.9 Å². The number of pyridine rings is 1. The maximum atomic E-state index is 10.5. The maximum Gasteiger partial charge on any atom is 0.0915 e. The Hall–Kier alpha value is -1.06. The summed E-state index contributed by atoms with van der Waals surface area (Å²) in [4.78, 5) is 4.33. The summed E-state index contributed by atoms with van der Waals surface area (Å²) in [7, 11) is 0. The minimum atomic E-state index is -0.365.